The monoisotopic (exact) mass is 359 g/mol. The lowest BCUT2D eigenvalue weighted by Gasteiger charge is -2.37. The van der Waals surface area contributed by atoms with E-state index < -0.39 is 28.7 Å². The van der Waals surface area contributed by atoms with E-state index in [0.717, 1.165) is 4.57 Å². The van der Waals surface area contributed by atoms with Crippen LogP contribution in [0.15, 0.2) is 70.0 Å². The van der Waals surface area contributed by atoms with Gasteiger partial charge in [-0.15, -0.1) is 13.2 Å². The van der Waals surface area contributed by atoms with E-state index in [1.165, 1.54) is 12.2 Å². The number of benzene rings is 1. The van der Waals surface area contributed by atoms with Crippen molar-refractivity contribution in [2.75, 3.05) is 6.61 Å². The molecule has 8 nitrogen and oxygen atoms in total. The van der Waals surface area contributed by atoms with Gasteiger partial charge >= 0.3 is 17.1 Å². The molecule has 1 heterocycles. The van der Waals surface area contributed by atoms with Crippen LogP contribution in [0.2, 0.25) is 0 Å². The van der Waals surface area contributed by atoms with Crippen LogP contribution in [0, 0.1) is 0 Å². The third-order valence-corrected chi connectivity index (χ3v) is 4.06. The number of H-pyrrole nitrogens is 2. The van der Waals surface area contributed by atoms with E-state index in [1.807, 2.05) is 16.0 Å². The summed E-state index contributed by atoms with van der Waals surface area (Å²) in [7, 11) is 0. The maximum Gasteiger partial charge on any atom is 0.334 e. The molecule has 2 aromatic rings. The number of rotatable bonds is 9. The smallest absolute Gasteiger partial charge is 0.334 e. The Morgan fingerprint density at radius 1 is 1.08 bits per heavy atom. The number of ether oxygens (including phenoxy) is 1. The number of para-hydroxylation sites is 1. The van der Waals surface area contributed by atoms with Gasteiger partial charge in [0.1, 0.15) is 18.5 Å². The van der Waals surface area contributed by atoms with Crippen LogP contribution in [-0.4, -0.2) is 32.4 Å². The van der Waals surface area contributed by atoms with Gasteiger partial charge in [0.15, 0.2) is 0 Å². The highest BCUT2D eigenvalue weighted by molar-refractivity contribution is 5.21. The largest absolute Gasteiger partial charge is 0.491 e. The van der Waals surface area contributed by atoms with Crippen LogP contribution in [0.4, 0.5) is 0 Å². The highest BCUT2D eigenvalue weighted by Crippen LogP contribution is 2.29. The summed E-state index contributed by atoms with van der Waals surface area (Å²) in [5.41, 5.74) is -4.19. The van der Waals surface area contributed by atoms with Crippen LogP contribution in [0.25, 0.3) is 0 Å². The Hall–Kier alpha value is -3.13. The molecule has 0 saturated carbocycles. The molecule has 3 N–H and O–H groups in total. The molecule has 1 aromatic heterocycles. The molecule has 0 aliphatic rings. The molecule has 0 radical (unpaired) electrons. The summed E-state index contributed by atoms with van der Waals surface area (Å²) in [6.45, 7) is 7.11. The first-order chi connectivity index (χ1) is 12.4. The van der Waals surface area contributed by atoms with Crippen molar-refractivity contribution in [3.05, 3.63) is 87.1 Å². The number of aromatic amines is 2. The van der Waals surface area contributed by atoms with Crippen LogP contribution in [0.3, 0.4) is 0 Å². The first kappa shape index (κ1) is 19.2. The Labute approximate surface area is 149 Å². The van der Waals surface area contributed by atoms with Gasteiger partial charge in [-0.2, -0.15) is 0 Å². The second-order valence-corrected chi connectivity index (χ2v) is 5.75. The molecule has 26 heavy (non-hydrogen) atoms. The lowest BCUT2D eigenvalue weighted by molar-refractivity contribution is -0.00402. The quantitative estimate of drug-likeness (QED) is 0.564. The van der Waals surface area contributed by atoms with E-state index in [9.17, 15) is 19.5 Å². The molecule has 0 saturated heterocycles. The number of hydrogen-bond donors (Lipinski definition) is 3. The molecular weight excluding hydrogens is 338 g/mol. The van der Waals surface area contributed by atoms with Crippen molar-refractivity contribution in [2.45, 2.75) is 24.5 Å². The number of aliphatic hydroxyl groups is 1. The fourth-order valence-electron chi connectivity index (χ4n) is 2.87. The van der Waals surface area contributed by atoms with Gasteiger partial charge < -0.3 is 9.84 Å². The van der Waals surface area contributed by atoms with Crippen LogP contribution in [0.5, 0.6) is 5.75 Å². The van der Waals surface area contributed by atoms with Gasteiger partial charge in [-0.05, 0) is 25.0 Å². The van der Waals surface area contributed by atoms with E-state index in [4.69, 9.17) is 4.74 Å². The van der Waals surface area contributed by atoms with Crippen molar-refractivity contribution < 1.29 is 9.84 Å². The maximum absolute atomic E-state index is 12.3. The van der Waals surface area contributed by atoms with Crippen LogP contribution in [0.1, 0.15) is 12.8 Å². The third kappa shape index (κ3) is 3.92. The van der Waals surface area contributed by atoms with E-state index in [-0.39, 0.29) is 19.4 Å². The lowest BCUT2D eigenvalue weighted by Crippen LogP contribution is -2.59. The summed E-state index contributed by atoms with van der Waals surface area (Å²) in [5, 5.41) is 10.8. The Morgan fingerprint density at radius 2 is 1.62 bits per heavy atom. The lowest BCUT2D eigenvalue weighted by atomic mass is 9.85. The summed E-state index contributed by atoms with van der Waals surface area (Å²) in [4.78, 5) is 40.0. The minimum Gasteiger partial charge on any atom is -0.491 e. The van der Waals surface area contributed by atoms with Crippen LogP contribution >= 0.6 is 0 Å². The summed E-state index contributed by atoms with van der Waals surface area (Å²) in [5.74, 6) is 0.528. The number of aromatic nitrogens is 3. The van der Waals surface area contributed by atoms with Crippen molar-refractivity contribution in [3.63, 3.8) is 0 Å². The van der Waals surface area contributed by atoms with Gasteiger partial charge in [0.05, 0.1) is 5.54 Å². The first-order valence-electron chi connectivity index (χ1n) is 7.98. The predicted octanol–water partition coefficient (Wildman–Crippen LogP) is 0.512. The van der Waals surface area contributed by atoms with Crippen LogP contribution in [-0.2, 0) is 5.54 Å². The number of hydrogen-bond acceptors (Lipinski definition) is 5. The Kier molecular flexibility index (Phi) is 6.13. The van der Waals surface area contributed by atoms with Crippen LogP contribution < -0.4 is 21.8 Å². The Bertz CT molecular complexity index is 882. The number of nitrogens with zero attached hydrogens (tertiary/aromatic N) is 1. The highest BCUT2D eigenvalue weighted by atomic mass is 16.5. The minimum atomic E-state index is -1.41. The maximum atomic E-state index is 12.3. The molecule has 8 heteroatoms. The van der Waals surface area contributed by atoms with Crippen molar-refractivity contribution in [1.82, 2.24) is 14.5 Å². The number of aliphatic hydroxyl groups excluding tert-OH is 1. The minimum absolute atomic E-state index is 0.0768. The molecule has 1 unspecified atom stereocenters. The molecule has 0 fully saturated rings. The summed E-state index contributed by atoms with van der Waals surface area (Å²) in [6.07, 6.45) is 1.85. The molecular formula is C18H21N3O5. The normalized spacial score (nSPS) is 12.3. The van der Waals surface area contributed by atoms with Gasteiger partial charge in [0.25, 0.3) is 0 Å². The fraction of sp³-hybridized carbons (Fsp3) is 0.278. The van der Waals surface area contributed by atoms with E-state index in [0.29, 0.717) is 5.75 Å². The molecule has 1 atom stereocenters. The summed E-state index contributed by atoms with van der Waals surface area (Å²) < 4.78 is 6.36. The van der Waals surface area contributed by atoms with E-state index >= 15 is 0 Å². The second-order valence-electron chi connectivity index (χ2n) is 5.75. The van der Waals surface area contributed by atoms with Crippen molar-refractivity contribution in [1.29, 1.82) is 0 Å². The van der Waals surface area contributed by atoms with E-state index in [2.05, 4.69) is 13.2 Å². The van der Waals surface area contributed by atoms with Gasteiger partial charge in [0, 0.05) is 0 Å². The van der Waals surface area contributed by atoms with Gasteiger partial charge in [0.2, 0.25) is 0 Å². The third-order valence-electron chi connectivity index (χ3n) is 4.06. The van der Waals surface area contributed by atoms with Gasteiger partial charge in [-0.25, -0.2) is 19.0 Å². The highest BCUT2D eigenvalue weighted by Gasteiger charge is 2.41. The molecule has 0 amide bonds. The van der Waals surface area contributed by atoms with Crippen molar-refractivity contribution >= 4 is 0 Å². The average Bonchev–Trinajstić information content (AvgIpc) is 2.60. The molecule has 0 bridgehead atoms. The molecule has 0 aliphatic heterocycles. The number of nitrogens with one attached hydrogen (secondary N) is 2. The molecule has 1 aromatic carbocycles. The van der Waals surface area contributed by atoms with Crippen molar-refractivity contribution in [2.24, 2.45) is 0 Å². The van der Waals surface area contributed by atoms with Gasteiger partial charge in [-0.3, -0.25) is 9.97 Å². The van der Waals surface area contributed by atoms with E-state index in [1.54, 1.807) is 24.3 Å². The standard InChI is InChI=1S/C18H21N3O5/c1-3-10-18(11-4-2,21-16(24)19-15(23)20-17(21)25)14(22)12-26-13-8-6-5-7-9-13/h3-9,14,22H,1-2,10-12H2,(H2,19,20,23,24,25). The zero-order chi connectivity index (χ0) is 19.2. The number of allylic oxidation sites excluding steroid dienone is 2. The molecule has 0 aliphatic carbocycles. The zero-order valence-corrected chi connectivity index (χ0v) is 14.2. The fourth-order valence-corrected chi connectivity index (χ4v) is 2.87. The molecule has 138 valence electrons. The van der Waals surface area contributed by atoms with Gasteiger partial charge in [-0.1, -0.05) is 30.4 Å². The Morgan fingerprint density at radius 3 is 2.12 bits per heavy atom. The zero-order valence-electron chi connectivity index (χ0n) is 14.2. The average molecular weight is 359 g/mol. The first-order valence-corrected chi connectivity index (χ1v) is 7.98. The second kappa shape index (κ2) is 8.30. The van der Waals surface area contributed by atoms with Crippen molar-refractivity contribution in [3.8, 4) is 5.75 Å². The molecule has 0 spiro atoms. The Balaban J connectivity index is 2.49. The molecule has 2 rings (SSSR count). The predicted molar refractivity (Wildman–Crippen MR) is 97.5 cm³/mol. The summed E-state index contributed by atoms with van der Waals surface area (Å²) in [6, 6.07) is 8.81. The summed E-state index contributed by atoms with van der Waals surface area (Å²) >= 11 is 0. The topological polar surface area (TPSA) is 117 Å². The SMILES string of the molecule is C=CCC(CC=C)(C(O)COc1ccccc1)n1c(=O)[nH]c(=O)[nH]c1=O.